The maximum Gasteiger partial charge on any atom is 0.325 e. The Kier molecular flexibility index (Phi) is 5.75. The molecule has 19 heavy (non-hydrogen) atoms. The van der Waals surface area contributed by atoms with Crippen LogP contribution < -0.4 is 5.32 Å². The largest absolute Gasteiger partial charge is 0.468 e. The zero-order chi connectivity index (χ0) is 14.5. The summed E-state index contributed by atoms with van der Waals surface area (Å²) in [6, 6.07) is 1.94. The quantitative estimate of drug-likeness (QED) is 0.487. The number of aromatic nitrogens is 2. The Labute approximate surface area is 118 Å². The standard InChI is InChI=1S/C13H21N3O2S/c1-9-8-10(2)16-12(15-9)19-7-6-13(3,14-4)11(17)18-5/h8,14H,6-7H2,1-5H3. The molecular weight excluding hydrogens is 262 g/mol. The molecule has 0 bridgehead atoms. The average molecular weight is 283 g/mol. The van der Waals surface area contributed by atoms with E-state index < -0.39 is 5.54 Å². The van der Waals surface area contributed by atoms with Gasteiger partial charge in [-0.1, -0.05) is 11.8 Å². The highest BCUT2D eigenvalue weighted by atomic mass is 32.2. The molecule has 0 radical (unpaired) electrons. The highest BCUT2D eigenvalue weighted by molar-refractivity contribution is 7.99. The summed E-state index contributed by atoms with van der Waals surface area (Å²) in [6.45, 7) is 5.73. The number of hydrogen-bond acceptors (Lipinski definition) is 6. The van der Waals surface area contributed by atoms with Crippen molar-refractivity contribution in [2.75, 3.05) is 19.9 Å². The van der Waals surface area contributed by atoms with Crippen molar-refractivity contribution in [1.82, 2.24) is 15.3 Å². The molecule has 106 valence electrons. The van der Waals surface area contributed by atoms with Crippen LogP contribution in [0.3, 0.4) is 0 Å². The fourth-order valence-corrected chi connectivity index (χ4v) is 2.77. The van der Waals surface area contributed by atoms with E-state index in [2.05, 4.69) is 15.3 Å². The van der Waals surface area contributed by atoms with Crippen LogP contribution in [-0.4, -0.2) is 41.4 Å². The van der Waals surface area contributed by atoms with E-state index in [1.807, 2.05) is 26.8 Å². The lowest BCUT2D eigenvalue weighted by Crippen LogP contribution is -2.48. The van der Waals surface area contributed by atoms with Crippen molar-refractivity contribution in [3.8, 4) is 0 Å². The molecule has 0 saturated carbocycles. The summed E-state index contributed by atoms with van der Waals surface area (Å²) in [7, 11) is 3.16. The van der Waals surface area contributed by atoms with Gasteiger partial charge in [0.1, 0.15) is 5.54 Å². The van der Waals surface area contributed by atoms with Crippen LogP contribution in [0.25, 0.3) is 0 Å². The van der Waals surface area contributed by atoms with Crippen LogP contribution in [0.1, 0.15) is 24.7 Å². The maximum absolute atomic E-state index is 11.7. The van der Waals surface area contributed by atoms with Crippen molar-refractivity contribution in [2.45, 2.75) is 37.9 Å². The van der Waals surface area contributed by atoms with Gasteiger partial charge in [-0.2, -0.15) is 0 Å². The highest BCUT2D eigenvalue weighted by Gasteiger charge is 2.32. The number of carbonyl (C=O) groups excluding carboxylic acids is 1. The lowest BCUT2D eigenvalue weighted by atomic mass is 10.00. The number of rotatable bonds is 6. The molecule has 0 fully saturated rings. The van der Waals surface area contributed by atoms with Gasteiger partial charge in [-0.15, -0.1) is 0 Å². The van der Waals surface area contributed by atoms with Gasteiger partial charge in [0, 0.05) is 17.1 Å². The van der Waals surface area contributed by atoms with Gasteiger partial charge in [0.05, 0.1) is 7.11 Å². The number of methoxy groups -OCH3 is 1. The number of ether oxygens (including phenoxy) is 1. The summed E-state index contributed by atoms with van der Waals surface area (Å²) < 4.78 is 4.81. The van der Waals surface area contributed by atoms with Crippen LogP contribution in [0.15, 0.2) is 11.2 Å². The molecular formula is C13H21N3O2S. The third-order valence-electron chi connectivity index (χ3n) is 2.98. The Morgan fingerprint density at radius 1 is 1.42 bits per heavy atom. The van der Waals surface area contributed by atoms with Crippen LogP contribution in [0.2, 0.25) is 0 Å². The first kappa shape index (κ1) is 15.9. The summed E-state index contributed by atoms with van der Waals surface area (Å²) in [5.41, 5.74) is 1.25. The van der Waals surface area contributed by atoms with Gasteiger partial charge in [-0.05, 0) is 40.3 Å². The number of nitrogens with zero attached hydrogens (tertiary/aromatic N) is 2. The van der Waals surface area contributed by atoms with Crippen LogP contribution in [0, 0.1) is 13.8 Å². The molecule has 0 aliphatic carbocycles. The summed E-state index contributed by atoms with van der Waals surface area (Å²) in [5.74, 6) is 0.493. The minimum Gasteiger partial charge on any atom is -0.468 e. The molecule has 0 aliphatic rings. The molecule has 0 amide bonds. The molecule has 5 nitrogen and oxygen atoms in total. The van der Waals surface area contributed by atoms with E-state index in [1.165, 1.54) is 7.11 Å². The molecule has 1 aromatic rings. The lowest BCUT2D eigenvalue weighted by molar-refractivity contribution is -0.147. The lowest BCUT2D eigenvalue weighted by Gasteiger charge is -2.25. The van der Waals surface area contributed by atoms with E-state index in [-0.39, 0.29) is 5.97 Å². The number of aryl methyl sites for hydroxylation is 2. The minimum atomic E-state index is -0.666. The van der Waals surface area contributed by atoms with Crippen molar-refractivity contribution in [1.29, 1.82) is 0 Å². The van der Waals surface area contributed by atoms with E-state index in [4.69, 9.17) is 4.74 Å². The summed E-state index contributed by atoms with van der Waals surface area (Å²) in [6.07, 6.45) is 0.650. The van der Waals surface area contributed by atoms with Gasteiger partial charge in [0.25, 0.3) is 0 Å². The van der Waals surface area contributed by atoms with Crippen molar-refractivity contribution in [2.24, 2.45) is 0 Å². The fraction of sp³-hybridized carbons (Fsp3) is 0.615. The Bertz CT molecular complexity index is 433. The smallest absolute Gasteiger partial charge is 0.325 e. The van der Waals surface area contributed by atoms with Crippen LogP contribution in [-0.2, 0) is 9.53 Å². The zero-order valence-electron chi connectivity index (χ0n) is 12.1. The highest BCUT2D eigenvalue weighted by Crippen LogP contribution is 2.20. The molecule has 1 heterocycles. The van der Waals surface area contributed by atoms with Gasteiger partial charge >= 0.3 is 5.97 Å². The number of thioether (sulfide) groups is 1. The molecule has 1 rings (SSSR count). The van der Waals surface area contributed by atoms with Gasteiger partial charge in [0.15, 0.2) is 5.16 Å². The number of esters is 1. The maximum atomic E-state index is 11.7. The van der Waals surface area contributed by atoms with E-state index in [0.717, 1.165) is 22.3 Å². The first-order valence-corrected chi connectivity index (χ1v) is 7.12. The summed E-state index contributed by atoms with van der Waals surface area (Å²) in [4.78, 5) is 20.4. The molecule has 0 spiro atoms. The Morgan fingerprint density at radius 3 is 2.47 bits per heavy atom. The van der Waals surface area contributed by atoms with Crippen molar-refractivity contribution in [3.05, 3.63) is 17.5 Å². The second-order valence-corrected chi connectivity index (χ2v) is 5.67. The number of nitrogens with one attached hydrogen (secondary N) is 1. The van der Waals surface area contributed by atoms with Gasteiger partial charge < -0.3 is 10.1 Å². The molecule has 1 unspecified atom stereocenters. The molecule has 0 aromatic carbocycles. The van der Waals surface area contributed by atoms with E-state index in [0.29, 0.717) is 6.42 Å². The second-order valence-electron chi connectivity index (χ2n) is 4.61. The molecule has 1 atom stereocenters. The predicted octanol–water partition coefficient (Wildman–Crippen LogP) is 1.73. The number of carbonyl (C=O) groups is 1. The van der Waals surface area contributed by atoms with E-state index in [9.17, 15) is 4.79 Å². The summed E-state index contributed by atoms with van der Waals surface area (Å²) in [5, 5.41) is 3.76. The first-order valence-electron chi connectivity index (χ1n) is 6.13. The summed E-state index contributed by atoms with van der Waals surface area (Å²) >= 11 is 1.55. The average Bonchev–Trinajstić information content (AvgIpc) is 2.36. The molecule has 0 aliphatic heterocycles. The molecule has 6 heteroatoms. The Hall–Kier alpha value is -1.14. The van der Waals surface area contributed by atoms with Crippen molar-refractivity contribution >= 4 is 17.7 Å². The molecule has 1 N–H and O–H groups in total. The third kappa shape index (κ3) is 4.47. The zero-order valence-corrected chi connectivity index (χ0v) is 12.9. The molecule has 1 aromatic heterocycles. The topological polar surface area (TPSA) is 64.1 Å². The van der Waals surface area contributed by atoms with Crippen LogP contribution in [0.5, 0.6) is 0 Å². The monoisotopic (exact) mass is 283 g/mol. The molecule has 0 saturated heterocycles. The Balaban J connectivity index is 2.59. The number of likely N-dealkylation sites (N-methyl/N-ethyl adjacent to an activating group) is 1. The fourth-order valence-electron chi connectivity index (χ4n) is 1.66. The van der Waals surface area contributed by atoms with E-state index >= 15 is 0 Å². The van der Waals surface area contributed by atoms with Gasteiger partial charge in [0.2, 0.25) is 0 Å². The predicted molar refractivity (Wildman–Crippen MR) is 76.3 cm³/mol. The van der Waals surface area contributed by atoms with Crippen molar-refractivity contribution < 1.29 is 9.53 Å². The van der Waals surface area contributed by atoms with Crippen LogP contribution >= 0.6 is 11.8 Å². The normalized spacial score (nSPS) is 13.9. The SMILES string of the molecule is CNC(C)(CCSc1nc(C)cc(C)n1)C(=O)OC. The Morgan fingerprint density at radius 2 is 2.00 bits per heavy atom. The second kappa shape index (κ2) is 6.86. The minimum absolute atomic E-state index is 0.253. The third-order valence-corrected chi connectivity index (χ3v) is 3.83. The van der Waals surface area contributed by atoms with Crippen LogP contribution in [0.4, 0.5) is 0 Å². The van der Waals surface area contributed by atoms with Gasteiger partial charge in [-0.3, -0.25) is 4.79 Å². The van der Waals surface area contributed by atoms with E-state index in [1.54, 1.807) is 18.8 Å². The first-order chi connectivity index (χ1) is 8.91. The number of hydrogen-bond donors (Lipinski definition) is 1. The van der Waals surface area contributed by atoms with Crippen molar-refractivity contribution in [3.63, 3.8) is 0 Å². The van der Waals surface area contributed by atoms with Gasteiger partial charge in [-0.25, -0.2) is 9.97 Å².